The van der Waals surface area contributed by atoms with Crippen LogP contribution in [-0.4, -0.2) is 19.0 Å². The van der Waals surface area contributed by atoms with Gasteiger partial charge in [-0.05, 0) is 55.2 Å². The van der Waals surface area contributed by atoms with E-state index in [9.17, 15) is 4.79 Å². The molecular weight excluding hydrogens is 298 g/mol. The number of nitriles is 1. The zero-order valence-electron chi connectivity index (χ0n) is 13.7. The molecule has 0 radical (unpaired) electrons. The number of amides is 1. The van der Waals surface area contributed by atoms with Gasteiger partial charge in [-0.25, -0.2) is 0 Å². The van der Waals surface area contributed by atoms with Crippen LogP contribution in [0.1, 0.15) is 40.7 Å². The summed E-state index contributed by atoms with van der Waals surface area (Å²) in [5.74, 6) is -0.160. The molecule has 4 heteroatoms. The molecule has 2 aromatic carbocycles. The molecule has 1 fully saturated rings. The zero-order chi connectivity index (χ0) is 16.8. The van der Waals surface area contributed by atoms with Gasteiger partial charge in [0.15, 0.2) is 0 Å². The second kappa shape index (κ2) is 7.65. The van der Waals surface area contributed by atoms with Gasteiger partial charge in [-0.15, -0.1) is 0 Å². The average Bonchev–Trinajstić information content (AvgIpc) is 2.67. The summed E-state index contributed by atoms with van der Waals surface area (Å²) in [6.07, 6.45) is 3.85. The number of piperidine rings is 1. The third-order valence-electron chi connectivity index (χ3n) is 4.36. The standard InChI is InChI=1S/C20H21N3O/c21-14-17-5-4-6-18(13-17)20(24)22-15-16-7-9-19(10-8-16)23-11-2-1-3-12-23/h4-10,13H,1-3,11-12,15H2,(H,22,24). The molecule has 24 heavy (non-hydrogen) atoms. The van der Waals surface area contributed by atoms with Gasteiger partial charge in [0, 0.05) is 30.9 Å². The minimum atomic E-state index is -0.160. The molecule has 0 spiro atoms. The fourth-order valence-electron chi connectivity index (χ4n) is 2.99. The molecule has 2 aromatic rings. The molecule has 1 N–H and O–H groups in total. The van der Waals surface area contributed by atoms with Crippen molar-refractivity contribution >= 4 is 11.6 Å². The first-order valence-electron chi connectivity index (χ1n) is 8.38. The molecule has 1 saturated heterocycles. The number of nitrogens with zero attached hydrogens (tertiary/aromatic N) is 2. The van der Waals surface area contributed by atoms with E-state index in [1.165, 1.54) is 24.9 Å². The number of nitrogens with one attached hydrogen (secondary N) is 1. The highest BCUT2D eigenvalue weighted by Crippen LogP contribution is 2.20. The maximum atomic E-state index is 12.2. The molecule has 1 amide bonds. The number of carbonyl (C=O) groups excluding carboxylic acids is 1. The van der Waals surface area contributed by atoms with Gasteiger partial charge < -0.3 is 10.2 Å². The smallest absolute Gasteiger partial charge is 0.251 e. The van der Waals surface area contributed by atoms with Gasteiger partial charge in [0.25, 0.3) is 5.91 Å². The Bertz CT molecular complexity index is 740. The highest BCUT2D eigenvalue weighted by molar-refractivity contribution is 5.94. The van der Waals surface area contributed by atoms with E-state index in [1.54, 1.807) is 24.3 Å². The van der Waals surface area contributed by atoms with Crippen LogP contribution in [-0.2, 0) is 6.54 Å². The Morgan fingerprint density at radius 1 is 1.08 bits per heavy atom. The lowest BCUT2D eigenvalue weighted by atomic mass is 10.1. The average molecular weight is 319 g/mol. The van der Waals surface area contributed by atoms with Gasteiger partial charge in [-0.1, -0.05) is 18.2 Å². The minimum absolute atomic E-state index is 0.160. The predicted octanol–water partition coefficient (Wildman–Crippen LogP) is 3.48. The van der Waals surface area contributed by atoms with Crippen molar-refractivity contribution in [1.82, 2.24) is 5.32 Å². The molecule has 1 heterocycles. The summed E-state index contributed by atoms with van der Waals surface area (Å²) >= 11 is 0. The van der Waals surface area contributed by atoms with Gasteiger partial charge in [-0.2, -0.15) is 5.26 Å². The van der Waals surface area contributed by atoms with E-state index >= 15 is 0 Å². The van der Waals surface area contributed by atoms with Crippen molar-refractivity contribution < 1.29 is 4.79 Å². The Morgan fingerprint density at radius 3 is 2.54 bits per heavy atom. The molecule has 0 unspecified atom stereocenters. The quantitative estimate of drug-likeness (QED) is 0.938. The summed E-state index contributed by atoms with van der Waals surface area (Å²) in [6.45, 7) is 2.74. The van der Waals surface area contributed by atoms with Crippen LogP contribution in [0.3, 0.4) is 0 Å². The van der Waals surface area contributed by atoms with Crippen molar-refractivity contribution in [1.29, 1.82) is 5.26 Å². The fourth-order valence-corrected chi connectivity index (χ4v) is 2.99. The van der Waals surface area contributed by atoms with E-state index < -0.39 is 0 Å². The second-order valence-corrected chi connectivity index (χ2v) is 6.09. The first kappa shape index (κ1) is 16.1. The van der Waals surface area contributed by atoms with E-state index in [4.69, 9.17) is 5.26 Å². The molecular formula is C20H21N3O. The highest BCUT2D eigenvalue weighted by Gasteiger charge is 2.11. The lowest BCUT2D eigenvalue weighted by Gasteiger charge is -2.28. The van der Waals surface area contributed by atoms with Gasteiger partial charge in [0.05, 0.1) is 11.6 Å². The summed E-state index contributed by atoms with van der Waals surface area (Å²) in [6, 6.07) is 17.2. The summed E-state index contributed by atoms with van der Waals surface area (Å²) in [7, 11) is 0. The number of hydrogen-bond donors (Lipinski definition) is 1. The third-order valence-corrected chi connectivity index (χ3v) is 4.36. The molecule has 0 atom stereocenters. The molecule has 0 aromatic heterocycles. The first-order chi connectivity index (χ1) is 11.8. The third kappa shape index (κ3) is 3.94. The van der Waals surface area contributed by atoms with Gasteiger partial charge in [0.2, 0.25) is 0 Å². The molecule has 3 rings (SSSR count). The van der Waals surface area contributed by atoms with Crippen LogP contribution in [0.4, 0.5) is 5.69 Å². The topological polar surface area (TPSA) is 56.1 Å². The molecule has 4 nitrogen and oxygen atoms in total. The van der Waals surface area contributed by atoms with Crippen LogP contribution in [0.2, 0.25) is 0 Å². The van der Waals surface area contributed by atoms with Crippen LogP contribution >= 0.6 is 0 Å². The summed E-state index contributed by atoms with van der Waals surface area (Å²) in [5, 5.41) is 11.8. The maximum Gasteiger partial charge on any atom is 0.251 e. The van der Waals surface area contributed by atoms with Crippen LogP contribution in [0.15, 0.2) is 48.5 Å². The number of carbonyl (C=O) groups is 1. The van der Waals surface area contributed by atoms with Crippen LogP contribution < -0.4 is 10.2 Å². The predicted molar refractivity (Wildman–Crippen MR) is 94.8 cm³/mol. The largest absolute Gasteiger partial charge is 0.372 e. The monoisotopic (exact) mass is 319 g/mol. The number of anilines is 1. The molecule has 122 valence electrons. The van der Waals surface area contributed by atoms with E-state index in [1.807, 2.05) is 6.07 Å². The van der Waals surface area contributed by atoms with E-state index in [0.29, 0.717) is 17.7 Å². The zero-order valence-corrected chi connectivity index (χ0v) is 13.7. The number of rotatable bonds is 4. The van der Waals surface area contributed by atoms with E-state index in [0.717, 1.165) is 18.7 Å². The lowest BCUT2D eigenvalue weighted by molar-refractivity contribution is 0.0951. The Hall–Kier alpha value is -2.80. The van der Waals surface area contributed by atoms with Crippen LogP contribution in [0.5, 0.6) is 0 Å². The van der Waals surface area contributed by atoms with Crippen molar-refractivity contribution in [2.75, 3.05) is 18.0 Å². The Kier molecular flexibility index (Phi) is 5.12. The second-order valence-electron chi connectivity index (χ2n) is 6.09. The van der Waals surface area contributed by atoms with Crippen LogP contribution in [0, 0.1) is 11.3 Å². The molecule has 0 bridgehead atoms. The normalized spacial score (nSPS) is 14.0. The van der Waals surface area contributed by atoms with Gasteiger partial charge in [0.1, 0.15) is 0 Å². The maximum absolute atomic E-state index is 12.2. The van der Waals surface area contributed by atoms with Crippen molar-refractivity contribution in [2.24, 2.45) is 0 Å². The van der Waals surface area contributed by atoms with Crippen molar-refractivity contribution in [3.8, 4) is 6.07 Å². The van der Waals surface area contributed by atoms with Crippen molar-refractivity contribution in [3.05, 3.63) is 65.2 Å². The van der Waals surface area contributed by atoms with Crippen molar-refractivity contribution in [2.45, 2.75) is 25.8 Å². The fraction of sp³-hybridized carbons (Fsp3) is 0.300. The summed E-state index contributed by atoms with van der Waals surface area (Å²) < 4.78 is 0. The first-order valence-corrected chi connectivity index (χ1v) is 8.38. The van der Waals surface area contributed by atoms with Gasteiger partial charge >= 0.3 is 0 Å². The number of benzene rings is 2. The summed E-state index contributed by atoms with van der Waals surface area (Å²) in [5.41, 5.74) is 3.33. The van der Waals surface area contributed by atoms with Crippen LogP contribution in [0.25, 0.3) is 0 Å². The molecule has 0 aliphatic carbocycles. The molecule has 1 aliphatic rings. The summed E-state index contributed by atoms with van der Waals surface area (Å²) in [4.78, 5) is 14.6. The van der Waals surface area contributed by atoms with E-state index in [2.05, 4.69) is 34.5 Å². The Morgan fingerprint density at radius 2 is 1.83 bits per heavy atom. The highest BCUT2D eigenvalue weighted by atomic mass is 16.1. The van der Waals surface area contributed by atoms with Gasteiger partial charge in [-0.3, -0.25) is 4.79 Å². The Balaban J connectivity index is 1.58. The minimum Gasteiger partial charge on any atom is -0.372 e. The lowest BCUT2D eigenvalue weighted by Crippen LogP contribution is -2.29. The molecule has 1 aliphatic heterocycles. The SMILES string of the molecule is N#Cc1cccc(C(=O)NCc2ccc(N3CCCCC3)cc2)c1. The number of hydrogen-bond acceptors (Lipinski definition) is 3. The van der Waals surface area contributed by atoms with Crippen molar-refractivity contribution in [3.63, 3.8) is 0 Å². The van der Waals surface area contributed by atoms with E-state index in [-0.39, 0.29) is 5.91 Å². The Labute approximate surface area is 142 Å². The molecule has 0 saturated carbocycles.